The summed E-state index contributed by atoms with van der Waals surface area (Å²) in [6.07, 6.45) is 2.01. The first-order valence-electron chi connectivity index (χ1n) is 7.91. The normalized spacial score (nSPS) is 20.6. The van der Waals surface area contributed by atoms with Gasteiger partial charge in [-0.05, 0) is 6.07 Å². The van der Waals surface area contributed by atoms with E-state index in [1.165, 1.54) is 0 Å². The van der Waals surface area contributed by atoms with Gasteiger partial charge in [0.25, 0.3) is 0 Å². The lowest BCUT2D eigenvalue weighted by molar-refractivity contribution is -0.116. The van der Waals surface area contributed by atoms with E-state index in [-0.39, 0.29) is 11.8 Å². The first-order valence-corrected chi connectivity index (χ1v) is 7.91. The molecular weight excluding hydrogens is 310 g/mol. The van der Waals surface area contributed by atoms with Crippen LogP contribution in [0.5, 0.6) is 0 Å². The molecule has 126 valence electrons. The number of hydrogen-bond donors (Lipinski definition) is 2. The summed E-state index contributed by atoms with van der Waals surface area (Å²) in [5.41, 5.74) is 7.93. The Bertz CT molecular complexity index is 782. The molecule has 9 nitrogen and oxygen atoms in total. The summed E-state index contributed by atoms with van der Waals surface area (Å²) >= 11 is 0. The molecule has 2 aromatic rings. The van der Waals surface area contributed by atoms with E-state index in [9.17, 15) is 4.79 Å². The third kappa shape index (κ3) is 2.46. The molecule has 0 aliphatic carbocycles. The Morgan fingerprint density at radius 1 is 1.33 bits per heavy atom. The molecule has 0 bridgehead atoms. The molecule has 4 rings (SSSR count). The van der Waals surface area contributed by atoms with Gasteiger partial charge >= 0.3 is 0 Å². The topological polar surface area (TPSA) is 111 Å². The fourth-order valence-corrected chi connectivity index (χ4v) is 3.27. The Hall–Kier alpha value is -2.68. The lowest BCUT2D eigenvalue weighted by Crippen LogP contribution is -2.38. The van der Waals surface area contributed by atoms with Crippen LogP contribution in [0.2, 0.25) is 0 Å². The molecule has 2 aliphatic heterocycles. The maximum atomic E-state index is 12.2. The molecule has 1 unspecified atom stereocenters. The number of rotatable bonds is 2. The Balaban J connectivity index is 1.78. The predicted molar refractivity (Wildman–Crippen MR) is 87.8 cm³/mol. The van der Waals surface area contributed by atoms with E-state index in [1.807, 2.05) is 18.0 Å². The van der Waals surface area contributed by atoms with Gasteiger partial charge < -0.3 is 20.7 Å². The van der Waals surface area contributed by atoms with Crippen LogP contribution in [0.3, 0.4) is 0 Å². The fraction of sp³-hybridized carbons (Fsp3) is 0.467. The number of nitrogens with one attached hydrogen (secondary N) is 1. The van der Waals surface area contributed by atoms with E-state index in [0.29, 0.717) is 50.3 Å². The lowest BCUT2D eigenvalue weighted by Gasteiger charge is -2.30. The minimum atomic E-state index is -0.194. The number of nitrogens with zero attached hydrogens (tertiary/aromatic N) is 5. The van der Waals surface area contributed by atoms with Crippen LogP contribution in [0, 0.1) is 0 Å². The second-order valence-corrected chi connectivity index (χ2v) is 5.96. The largest absolute Gasteiger partial charge is 0.383 e. The van der Waals surface area contributed by atoms with Crippen LogP contribution in [0.1, 0.15) is 23.6 Å². The summed E-state index contributed by atoms with van der Waals surface area (Å²) < 4.78 is 7.10. The molecule has 24 heavy (non-hydrogen) atoms. The molecule has 4 heterocycles. The molecule has 1 atom stereocenters. The van der Waals surface area contributed by atoms with E-state index in [4.69, 9.17) is 10.5 Å². The van der Waals surface area contributed by atoms with E-state index >= 15 is 0 Å². The third-order valence-electron chi connectivity index (χ3n) is 4.47. The molecular formula is C15H19N7O2. The van der Waals surface area contributed by atoms with E-state index in [2.05, 4.69) is 20.4 Å². The van der Waals surface area contributed by atoms with Crippen molar-refractivity contribution in [2.75, 3.05) is 42.3 Å². The Morgan fingerprint density at radius 2 is 2.12 bits per heavy atom. The van der Waals surface area contributed by atoms with Crippen molar-refractivity contribution in [1.29, 1.82) is 0 Å². The van der Waals surface area contributed by atoms with Gasteiger partial charge in [-0.2, -0.15) is 15.1 Å². The third-order valence-corrected chi connectivity index (χ3v) is 4.47. The molecule has 2 aromatic heterocycles. The van der Waals surface area contributed by atoms with Crippen LogP contribution < -0.4 is 16.0 Å². The van der Waals surface area contributed by atoms with Gasteiger partial charge in [0.2, 0.25) is 11.9 Å². The highest BCUT2D eigenvalue weighted by Crippen LogP contribution is 2.39. The molecule has 0 saturated carbocycles. The Kier molecular flexibility index (Phi) is 3.57. The smallest absolute Gasteiger partial charge is 0.229 e. The minimum absolute atomic E-state index is 0.0836. The van der Waals surface area contributed by atoms with Crippen LogP contribution in [0.15, 0.2) is 12.3 Å². The summed E-state index contributed by atoms with van der Waals surface area (Å²) in [7, 11) is 1.85. The average Bonchev–Trinajstić information content (AvgIpc) is 3.00. The summed E-state index contributed by atoms with van der Waals surface area (Å²) in [6, 6.07) is 1.89. The van der Waals surface area contributed by atoms with E-state index in [1.54, 1.807) is 10.9 Å². The van der Waals surface area contributed by atoms with Crippen molar-refractivity contribution in [3.63, 3.8) is 0 Å². The number of aromatic nitrogens is 4. The monoisotopic (exact) mass is 329 g/mol. The zero-order valence-electron chi connectivity index (χ0n) is 13.4. The number of amides is 1. The number of aryl methyl sites for hydroxylation is 1. The number of nitrogen functional groups attached to an aromatic ring is 1. The molecule has 1 fully saturated rings. The average molecular weight is 329 g/mol. The fourth-order valence-electron chi connectivity index (χ4n) is 3.27. The Morgan fingerprint density at radius 3 is 2.83 bits per heavy atom. The number of carbonyl (C=O) groups is 1. The highest BCUT2D eigenvalue weighted by Gasteiger charge is 2.33. The van der Waals surface area contributed by atoms with Crippen LogP contribution in [0.4, 0.5) is 17.6 Å². The SMILES string of the molecule is Cn1nccc1C1CC(=O)Nc2nc(N3CCOCC3)nc(N)c21. The van der Waals surface area contributed by atoms with Crippen LogP contribution in [0.25, 0.3) is 0 Å². The maximum Gasteiger partial charge on any atom is 0.229 e. The standard InChI is InChI=1S/C15H19N7O2/c1-21-10(2-3-17-21)9-8-11(23)18-14-12(9)13(16)19-15(20-14)22-4-6-24-7-5-22/h2-3,9H,4-8H2,1H3,(H3,16,18,19,20,23). The van der Waals surface area contributed by atoms with Gasteiger partial charge in [0.05, 0.1) is 13.2 Å². The van der Waals surface area contributed by atoms with Gasteiger partial charge in [0.15, 0.2) is 0 Å². The van der Waals surface area contributed by atoms with Crippen molar-refractivity contribution in [3.8, 4) is 0 Å². The summed E-state index contributed by atoms with van der Waals surface area (Å²) in [6.45, 7) is 2.67. The van der Waals surface area contributed by atoms with Gasteiger partial charge in [0, 0.05) is 49.9 Å². The number of nitrogens with two attached hydrogens (primary N) is 1. The molecule has 2 aliphatic rings. The number of morpholine rings is 1. The number of anilines is 3. The molecule has 0 spiro atoms. The van der Waals surface area contributed by atoms with Crippen molar-refractivity contribution in [3.05, 3.63) is 23.5 Å². The summed E-state index contributed by atoms with van der Waals surface area (Å²) in [5, 5.41) is 7.03. The van der Waals surface area contributed by atoms with Gasteiger partial charge in [-0.3, -0.25) is 9.48 Å². The minimum Gasteiger partial charge on any atom is -0.383 e. The number of ether oxygens (including phenoxy) is 1. The van der Waals surface area contributed by atoms with Crippen molar-refractivity contribution < 1.29 is 9.53 Å². The second kappa shape index (κ2) is 5.75. The molecule has 0 aromatic carbocycles. The highest BCUT2D eigenvalue weighted by molar-refractivity contribution is 5.95. The first-order chi connectivity index (χ1) is 11.6. The van der Waals surface area contributed by atoms with Gasteiger partial charge in [-0.25, -0.2) is 0 Å². The van der Waals surface area contributed by atoms with Crippen LogP contribution >= 0.6 is 0 Å². The summed E-state index contributed by atoms with van der Waals surface area (Å²) in [5.74, 6) is 1.14. The summed E-state index contributed by atoms with van der Waals surface area (Å²) in [4.78, 5) is 23.2. The first kappa shape index (κ1) is 14.9. The lowest BCUT2D eigenvalue weighted by atomic mass is 9.90. The van der Waals surface area contributed by atoms with Crippen molar-refractivity contribution in [2.45, 2.75) is 12.3 Å². The molecule has 0 radical (unpaired) electrons. The maximum absolute atomic E-state index is 12.2. The molecule has 1 amide bonds. The highest BCUT2D eigenvalue weighted by atomic mass is 16.5. The Labute approximate surface area is 138 Å². The van der Waals surface area contributed by atoms with Crippen molar-refractivity contribution >= 4 is 23.5 Å². The van der Waals surface area contributed by atoms with Crippen LogP contribution in [-0.2, 0) is 16.6 Å². The van der Waals surface area contributed by atoms with Crippen molar-refractivity contribution in [2.24, 2.45) is 7.05 Å². The molecule has 1 saturated heterocycles. The molecule has 3 N–H and O–H groups in total. The second-order valence-electron chi connectivity index (χ2n) is 5.96. The number of fused-ring (bicyclic) bond motifs is 1. The van der Waals surface area contributed by atoms with Crippen LogP contribution in [-0.4, -0.2) is 52.0 Å². The molecule has 9 heteroatoms. The number of carbonyl (C=O) groups excluding carboxylic acids is 1. The number of hydrogen-bond acceptors (Lipinski definition) is 7. The van der Waals surface area contributed by atoms with Gasteiger partial charge in [-0.15, -0.1) is 0 Å². The zero-order chi connectivity index (χ0) is 16.7. The quantitative estimate of drug-likeness (QED) is 0.804. The van der Waals surface area contributed by atoms with E-state index in [0.717, 1.165) is 11.3 Å². The van der Waals surface area contributed by atoms with E-state index < -0.39 is 0 Å². The van der Waals surface area contributed by atoms with Gasteiger partial charge in [0.1, 0.15) is 11.6 Å². The van der Waals surface area contributed by atoms with Crippen molar-refractivity contribution in [1.82, 2.24) is 19.7 Å². The van der Waals surface area contributed by atoms with Gasteiger partial charge in [-0.1, -0.05) is 0 Å². The zero-order valence-corrected chi connectivity index (χ0v) is 13.4. The predicted octanol–water partition coefficient (Wildman–Crippen LogP) is 0.103.